The standard InChI is InChI=1S/C18H22FNO/c1-13(2)21-18-10-6-16(7-11-18)14(3)20-12-15-4-8-17(19)9-5-15/h4-11,13-14,20H,12H2,1-3H3. The molecule has 0 fully saturated rings. The number of halogens is 1. The van der Waals surface area contributed by atoms with Crippen molar-refractivity contribution in [3.05, 3.63) is 65.5 Å². The summed E-state index contributed by atoms with van der Waals surface area (Å²) in [6.07, 6.45) is 0.185. The van der Waals surface area contributed by atoms with Crippen LogP contribution in [0.1, 0.15) is 37.9 Å². The van der Waals surface area contributed by atoms with Gasteiger partial charge in [0.25, 0.3) is 0 Å². The third-order valence-electron chi connectivity index (χ3n) is 3.28. The molecular weight excluding hydrogens is 265 g/mol. The Bertz CT molecular complexity index is 548. The lowest BCUT2D eigenvalue weighted by Gasteiger charge is -2.16. The van der Waals surface area contributed by atoms with Crippen molar-refractivity contribution >= 4 is 0 Å². The Morgan fingerprint density at radius 3 is 2.14 bits per heavy atom. The summed E-state index contributed by atoms with van der Waals surface area (Å²) in [5.74, 6) is 0.687. The summed E-state index contributed by atoms with van der Waals surface area (Å²) in [5, 5.41) is 3.43. The van der Waals surface area contributed by atoms with E-state index in [0.29, 0.717) is 6.54 Å². The summed E-state index contributed by atoms with van der Waals surface area (Å²) in [7, 11) is 0. The zero-order chi connectivity index (χ0) is 15.2. The van der Waals surface area contributed by atoms with Gasteiger partial charge in [-0.05, 0) is 56.2 Å². The lowest BCUT2D eigenvalue weighted by atomic mass is 10.1. The molecular formula is C18H22FNO. The van der Waals surface area contributed by atoms with Gasteiger partial charge in [0.1, 0.15) is 11.6 Å². The van der Waals surface area contributed by atoms with Crippen LogP contribution < -0.4 is 10.1 Å². The maximum atomic E-state index is 12.8. The van der Waals surface area contributed by atoms with Crippen LogP contribution in [0.25, 0.3) is 0 Å². The quantitative estimate of drug-likeness (QED) is 0.846. The summed E-state index contributed by atoms with van der Waals surface area (Å²) in [6, 6.07) is 14.9. The minimum Gasteiger partial charge on any atom is -0.491 e. The molecule has 1 atom stereocenters. The van der Waals surface area contributed by atoms with Gasteiger partial charge < -0.3 is 10.1 Å². The summed E-state index contributed by atoms with van der Waals surface area (Å²) in [6.45, 7) is 6.86. The Kier molecular flexibility index (Phi) is 5.34. The second kappa shape index (κ2) is 7.23. The Balaban J connectivity index is 1.90. The predicted molar refractivity (Wildman–Crippen MR) is 83.9 cm³/mol. The third kappa shape index (κ3) is 4.87. The van der Waals surface area contributed by atoms with Crippen molar-refractivity contribution in [2.45, 2.75) is 39.5 Å². The Morgan fingerprint density at radius 1 is 0.952 bits per heavy atom. The van der Waals surface area contributed by atoms with E-state index in [1.54, 1.807) is 12.1 Å². The van der Waals surface area contributed by atoms with Crippen molar-refractivity contribution in [3.63, 3.8) is 0 Å². The molecule has 2 aromatic rings. The SMILES string of the molecule is CC(C)Oc1ccc(C(C)NCc2ccc(F)cc2)cc1. The van der Waals surface area contributed by atoms with Crippen molar-refractivity contribution in [2.75, 3.05) is 0 Å². The normalized spacial score (nSPS) is 12.4. The molecule has 2 nitrogen and oxygen atoms in total. The Hall–Kier alpha value is -1.87. The van der Waals surface area contributed by atoms with Gasteiger partial charge in [-0.2, -0.15) is 0 Å². The number of ether oxygens (including phenoxy) is 1. The molecule has 0 spiro atoms. The van der Waals surface area contributed by atoms with Crippen LogP contribution in [0.3, 0.4) is 0 Å². The van der Waals surface area contributed by atoms with Gasteiger partial charge in [-0.3, -0.25) is 0 Å². The molecule has 3 heteroatoms. The predicted octanol–water partition coefficient (Wildman–Crippen LogP) is 4.46. The number of hydrogen-bond donors (Lipinski definition) is 1. The van der Waals surface area contributed by atoms with Gasteiger partial charge in [-0.1, -0.05) is 24.3 Å². The van der Waals surface area contributed by atoms with E-state index in [-0.39, 0.29) is 18.0 Å². The molecule has 0 amide bonds. The van der Waals surface area contributed by atoms with Gasteiger partial charge >= 0.3 is 0 Å². The van der Waals surface area contributed by atoms with Gasteiger partial charge in [0.2, 0.25) is 0 Å². The molecule has 0 aromatic heterocycles. The highest BCUT2D eigenvalue weighted by atomic mass is 19.1. The number of benzene rings is 2. The van der Waals surface area contributed by atoms with Gasteiger partial charge in [-0.25, -0.2) is 4.39 Å². The molecule has 0 aliphatic carbocycles. The molecule has 0 radical (unpaired) electrons. The van der Waals surface area contributed by atoms with Gasteiger partial charge in [-0.15, -0.1) is 0 Å². The molecule has 0 bridgehead atoms. The average molecular weight is 287 g/mol. The van der Waals surface area contributed by atoms with Crippen LogP contribution in [0.2, 0.25) is 0 Å². The molecule has 0 aliphatic heterocycles. The van der Waals surface area contributed by atoms with E-state index in [9.17, 15) is 4.39 Å². The van der Waals surface area contributed by atoms with Gasteiger partial charge in [0.15, 0.2) is 0 Å². The first-order valence-corrected chi connectivity index (χ1v) is 7.29. The maximum Gasteiger partial charge on any atom is 0.123 e. The van der Waals surface area contributed by atoms with Crippen molar-refractivity contribution in [3.8, 4) is 5.75 Å². The molecule has 0 saturated carbocycles. The van der Waals surface area contributed by atoms with E-state index in [1.165, 1.54) is 17.7 Å². The first kappa shape index (κ1) is 15.5. The molecule has 0 aliphatic rings. The molecule has 1 N–H and O–H groups in total. The highest BCUT2D eigenvalue weighted by Gasteiger charge is 2.06. The fraction of sp³-hybridized carbons (Fsp3) is 0.333. The minimum absolute atomic E-state index is 0.185. The molecule has 0 heterocycles. The van der Waals surface area contributed by atoms with E-state index in [1.807, 2.05) is 26.0 Å². The smallest absolute Gasteiger partial charge is 0.123 e. The Labute approximate surface area is 126 Å². The summed E-state index contributed by atoms with van der Waals surface area (Å²) < 4.78 is 18.5. The number of hydrogen-bond acceptors (Lipinski definition) is 2. The largest absolute Gasteiger partial charge is 0.491 e. The fourth-order valence-electron chi connectivity index (χ4n) is 2.10. The summed E-state index contributed by atoms with van der Waals surface area (Å²) in [5.41, 5.74) is 2.27. The van der Waals surface area contributed by atoms with E-state index >= 15 is 0 Å². The van der Waals surface area contributed by atoms with Crippen LogP contribution in [-0.4, -0.2) is 6.10 Å². The number of nitrogens with one attached hydrogen (secondary N) is 1. The van der Waals surface area contributed by atoms with Gasteiger partial charge in [0, 0.05) is 12.6 Å². The lowest BCUT2D eigenvalue weighted by molar-refractivity contribution is 0.242. The number of rotatable bonds is 6. The lowest BCUT2D eigenvalue weighted by Crippen LogP contribution is -2.18. The van der Waals surface area contributed by atoms with Crippen LogP contribution >= 0.6 is 0 Å². The van der Waals surface area contributed by atoms with Crippen molar-refractivity contribution < 1.29 is 9.13 Å². The third-order valence-corrected chi connectivity index (χ3v) is 3.28. The molecule has 1 unspecified atom stereocenters. The van der Waals surface area contributed by atoms with E-state index in [4.69, 9.17) is 4.74 Å². The van der Waals surface area contributed by atoms with Crippen LogP contribution in [0, 0.1) is 5.82 Å². The zero-order valence-electron chi connectivity index (χ0n) is 12.8. The molecule has 2 rings (SSSR count). The zero-order valence-corrected chi connectivity index (χ0v) is 12.8. The molecule has 21 heavy (non-hydrogen) atoms. The van der Waals surface area contributed by atoms with Crippen LogP contribution in [-0.2, 0) is 6.54 Å². The average Bonchev–Trinajstić information content (AvgIpc) is 2.46. The van der Waals surface area contributed by atoms with E-state index < -0.39 is 0 Å². The first-order valence-electron chi connectivity index (χ1n) is 7.29. The van der Waals surface area contributed by atoms with Gasteiger partial charge in [0.05, 0.1) is 6.10 Å². The van der Waals surface area contributed by atoms with Crippen LogP contribution in [0.4, 0.5) is 4.39 Å². The topological polar surface area (TPSA) is 21.3 Å². The maximum absolute atomic E-state index is 12.8. The summed E-state index contributed by atoms with van der Waals surface area (Å²) in [4.78, 5) is 0. The highest BCUT2D eigenvalue weighted by Crippen LogP contribution is 2.19. The summed E-state index contributed by atoms with van der Waals surface area (Å²) >= 11 is 0. The second-order valence-corrected chi connectivity index (χ2v) is 5.46. The van der Waals surface area contributed by atoms with Crippen LogP contribution in [0.15, 0.2) is 48.5 Å². The molecule has 0 saturated heterocycles. The second-order valence-electron chi connectivity index (χ2n) is 5.46. The van der Waals surface area contributed by atoms with Crippen molar-refractivity contribution in [1.82, 2.24) is 5.32 Å². The van der Waals surface area contributed by atoms with E-state index in [0.717, 1.165) is 11.3 Å². The first-order chi connectivity index (χ1) is 10.0. The van der Waals surface area contributed by atoms with Crippen molar-refractivity contribution in [2.24, 2.45) is 0 Å². The molecule has 112 valence electrons. The highest BCUT2D eigenvalue weighted by molar-refractivity contribution is 5.29. The minimum atomic E-state index is -0.201. The Morgan fingerprint density at radius 2 is 1.57 bits per heavy atom. The van der Waals surface area contributed by atoms with E-state index in [2.05, 4.69) is 24.4 Å². The fourth-order valence-corrected chi connectivity index (χ4v) is 2.10. The molecule has 2 aromatic carbocycles. The monoisotopic (exact) mass is 287 g/mol. The van der Waals surface area contributed by atoms with Crippen LogP contribution in [0.5, 0.6) is 5.75 Å². The van der Waals surface area contributed by atoms with Crippen molar-refractivity contribution in [1.29, 1.82) is 0 Å².